The SMILES string of the molecule is Cc1cccc(-n2ncc3c(=O)n(CC(=O)N4CCN(c5ccccc5)CC4)cnc32)c1C. The van der Waals surface area contributed by atoms with Crippen LogP contribution in [0.1, 0.15) is 11.1 Å². The minimum Gasteiger partial charge on any atom is -0.368 e. The van der Waals surface area contributed by atoms with E-state index in [1.165, 1.54) is 17.1 Å². The Kier molecular flexibility index (Phi) is 5.42. The number of benzene rings is 2. The van der Waals surface area contributed by atoms with Crippen LogP contribution < -0.4 is 10.5 Å². The summed E-state index contributed by atoms with van der Waals surface area (Å²) in [5, 5.41) is 4.82. The fourth-order valence-electron chi connectivity index (χ4n) is 4.30. The van der Waals surface area contributed by atoms with Crippen LogP contribution in [0, 0.1) is 13.8 Å². The number of rotatable bonds is 4. The van der Waals surface area contributed by atoms with Crippen LogP contribution in [0.15, 0.2) is 65.8 Å². The van der Waals surface area contributed by atoms with Gasteiger partial charge in [-0.2, -0.15) is 5.10 Å². The molecule has 1 saturated heterocycles. The second-order valence-corrected chi connectivity index (χ2v) is 8.39. The van der Waals surface area contributed by atoms with Gasteiger partial charge >= 0.3 is 0 Å². The molecule has 0 aliphatic carbocycles. The van der Waals surface area contributed by atoms with Gasteiger partial charge in [0.25, 0.3) is 5.56 Å². The van der Waals surface area contributed by atoms with E-state index in [0.717, 1.165) is 35.6 Å². The van der Waals surface area contributed by atoms with Crippen molar-refractivity contribution in [2.24, 2.45) is 0 Å². The van der Waals surface area contributed by atoms with Gasteiger partial charge in [0.2, 0.25) is 5.91 Å². The molecule has 0 unspecified atom stereocenters. The van der Waals surface area contributed by atoms with Gasteiger partial charge in [-0.25, -0.2) is 9.67 Å². The van der Waals surface area contributed by atoms with E-state index in [0.29, 0.717) is 24.1 Å². The van der Waals surface area contributed by atoms with E-state index in [9.17, 15) is 9.59 Å². The second kappa shape index (κ2) is 8.54. The quantitative estimate of drug-likeness (QED) is 0.486. The number of para-hydroxylation sites is 1. The molecule has 1 amide bonds. The summed E-state index contributed by atoms with van der Waals surface area (Å²) < 4.78 is 3.07. The first-order chi connectivity index (χ1) is 16.0. The molecule has 0 atom stereocenters. The van der Waals surface area contributed by atoms with Gasteiger partial charge < -0.3 is 9.80 Å². The smallest absolute Gasteiger partial charge is 0.264 e. The van der Waals surface area contributed by atoms with Gasteiger partial charge in [0, 0.05) is 31.9 Å². The van der Waals surface area contributed by atoms with Crippen LogP contribution in [0.5, 0.6) is 0 Å². The normalized spacial score (nSPS) is 14.1. The van der Waals surface area contributed by atoms with Crippen LogP contribution in [-0.4, -0.2) is 56.3 Å². The molecule has 3 heterocycles. The van der Waals surface area contributed by atoms with Crippen molar-refractivity contribution in [3.63, 3.8) is 0 Å². The number of fused-ring (bicyclic) bond motifs is 1. The van der Waals surface area contributed by atoms with Crippen LogP contribution in [0.25, 0.3) is 16.7 Å². The van der Waals surface area contributed by atoms with Crippen LogP contribution in [0.4, 0.5) is 5.69 Å². The first-order valence-electron chi connectivity index (χ1n) is 11.1. The summed E-state index contributed by atoms with van der Waals surface area (Å²) in [7, 11) is 0. The molecule has 0 saturated carbocycles. The molecule has 33 heavy (non-hydrogen) atoms. The van der Waals surface area contributed by atoms with E-state index in [1.807, 2.05) is 55.1 Å². The number of amides is 1. The number of piperazine rings is 1. The molecule has 0 spiro atoms. The molecular formula is C25H26N6O2. The summed E-state index contributed by atoms with van der Waals surface area (Å²) in [6.45, 7) is 6.83. The van der Waals surface area contributed by atoms with E-state index in [2.05, 4.69) is 27.1 Å². The van der Waals surface area contributed by atoms with E-state index in [-0.39, 0.29) is 18.0 Å². The minimum absolute atomic E-state index is 0.0260. The Balaban J connectivity index is 1.33. The van der Waals surface area contributed by atoms with Crippen molar-refractivity contribution in [1.82, 2.24) is 24.2 Å². The van der Waals surface area contributed by atoms with Gasteiger partial charge in [-0.1, -0.05) is 30.3 Å². The monoisotopic (exact) mass is 442 g/mol. The highest BCUT2D eigenvalue weighted by Gasteiger charge is 2.22. The molecule has 1 aliphatic rings. The molecule has 0 radical (unpaired) electrons. The highest BCUT2D eigenvalue weighted by Crippen LogP contribution is 2.20. The van der Waals surface area contributed by atoms with Gasteiger partial charge in [-0.15, -0.1) is 0 Å². The summed E-state index contributed by atoms with van der Waals surface area (Å²) in [4.78, 5) is 34.5. The maximum atomic E-state index is 13.1. The number of aryl methyl sites for hydroxylation is 1. The number of hydrogen-bond donors (Lipinski definition) is 0. The molecule has 1 aliphatic heterocycles. The van der Waals surface area contributed by atoms with Crippen molar-refractivity contribution >= 4 is 22.6 Å². The summed E-state index contributed by atoms with van der Waals surface area (Å²) in [6.07, 6.45) is 2.98. The molecule has 8 nitrogen and oxygen atoms in total. The van der Waals surface area contributed by atoms with E-state index < -0.39 is 0 Å². The van der Waals surface area contributed by atoms with Crippen molar-refractivity contribution in [1.29, 1.82) is 0 Å². The fraction of sp³-hybridized carbons (Fsp3) is 0.280. The first kappa shape index (κ1) is 20.9. The topological polar surface area (TPSA) is 76.3 Å². The molecule has 0 bridgehead atoms. The van der Waals surface area contributed by atoms with Gasteiger partial charge in [0.15, 0.2) is 5.65 Å². The average molecular weight is 443 g/mol. The lowest BCUT2D eigenvalue weighted by atomic mass is 10.1. The van der Waals surface area contributed by atoms with Crippen LogP contribution >= 0.6 is 0 Å². The minimum atomic E-state index is -0.257. The Morgan fingerprint density at radius 2 is 1.73 bits per heavy atom. The molecule has 0 N–H and O–H groups in total. The lowest BCUT2D eigenvalue weighted by molar-refractivity contribution is -0.132. The average Bonchev–Trinajstić information content (AvgIpc) is 3.28. The Morgan fingerprint density at radius 1 is 0.970 bits per heavy atom. The number of nitrogens with zero attached hydrogens (tertiary/aromatic N) is 6. The van der Waals surface area contributed by atoms with E-state index >= 15 is 0 Å². The number of hydrogen-bond acceptors (Lipinski definition) is 5. The van der Waals surface area contributed by atoms with Crippen molar-refractivity contribution in [3.05, 3.63) is 82.5 Å². The fourth-order valence-corrected chi connectivity index (χ4v) is 4.30. The van der Waals surface area contributed by atoms with Gasteiger partial charge in [0.1, 0.15) is 18.3 Å². The third kappa shape index (κ3) is 3.88. The molecule has 168 valence electrons. The largest absolute Gasteiger partial charge is 0.368 e. The highest BCUT2D eigenvalue weighted by molar-refractivity contribution is 5.78. The lowest BCUT2D eigenvalue weighted by Crippen LogP contribution is -2.50. The summed E-state index contributed by atoms with van der Waals surface area (Å²) in [6, 6.07) is 16.2. The second-order valence-electron chi connectivity index (χ2n) is 8.39. The Hall–Kier alpha value is -3.94. The summed E-state index contributed by atoms with van der Waals surface area (Å²) in [5.41, 5.74) is 4.51. The number of anilines is 1. The maximum Gasteiger partial charge on any atom is 0.264 e. The lowest BCUT2D eigenvalue weighted by Gasteiger charge is -2.36. The number of aromatic nitrogens is 4. The molecule has 2 aromatic heterocycles. The molecule has 8 heteroatoms. The maximum absolute atomic E-state index is 13.1. The molecule has 5 rings (SSSR count). The van der Waals surface area contributed by atoms with Gasteiger partial charge in [0.05, 0.1) is 11.9 Å². The predicted octanol–water partition coefficient (Wildman–Crippen LogP) is 2.55. The highest BCUT2D eigenvalue weighted by atomic mass is 16.2. The van der Waals surface area contributed by atoms with E-state index in [4.69, 9.17) is 0 Å². The van der Waals surface area contributed by atoms with Crippen LogP contribution in [-0.2, 0) is 11.3 Å². The number of carbonyl (C=O) groups is 1. The molecular weight excluding hydrogens is 416 g/mol. The third-order valence-electron chi connectivity index (χ3n) is 6.42. The Morgan fingerprint density at radius 3 is 2.48 bits per heavy atom. The van der Waals surface area contributed by atoms with Crippen molar-refractivity contribution in [2.75, 3.05) is 31.1 Å². The van der Waals surface area contributed by atoms with Crippen LogP contribution in [0.2, 0.25) is 0 Å². The van der Waals surface area contributed by atoms with Crippen molar-refractivity contribution < 1.29 is 4.79 Å². The molecule has 4 aromatic rings. The standard InChI is InChI=1S/C25H26N6O2/c1-18-7-6-10-22(19(18)2)31-24-21(15-27-31)25(33)30(17-26-24)16-23(32)29-13-11-28(12-14-29)20-8-4-3-5-9-20/h3-10,15,17H,11-14,16H2,1-2H3. The van der Waals surface area contributed by atoms with E-state index in [1.54, 1.807) is 4.68 Å². The molecule has 1 fully saturated rings. The number of carbonyl (C=O) groups excluding carboxylic acids is 1. The summed E-state index contributed by atoms with van der Waals surface area (Å²) in [5.74, 6) is -0.0760. The van der Waals surface area contributed by atoms with Gasteiger partial charge in [-0.05, 0) is 43.2 Å². The molecule has 2 aromatic carbocycles. The van der Waals surface area contributed by atoms with Gasteiger partial charge in [-0.3, -0.25) is 14.2 Å². The Labute approximate surface area is 191 Å². The third-order valence-corrected chi connectivity index (χ3v) is 6.42. The predicted molar refractivity (Wildman–Crippen MR) is 128 cm³/mol. The zero-order valence-electron chi connectivity index (χ0n) is 18.8. The zero-order valence-corrected chi connectivity index (χ0v) is 18.8. The first-order valence-corrected chi connectivity index (χ1v) is 11.1. The summed E-state index contributed by atoms with van der Waals surface area (Å²) >= 11 is 0. The van der Waals surface area contributed by atoms with Crippen molar-refractivity contribution in [3.8, 4) is 5.69 Å². The Bertz CT molecular complexity index is 1370. The zero-order chi connectivity index (χ0) is 22.9. The van der Waals surface area contributed by atoms with Crippen molar-refractivity contribution in [2.45, 2.75) is 20.4 Å². The van der Waals surface area contributed by atoms with Crippen LogP contribution in [0.3, 0.4) is 0 Å².